The molecule has 0 bridgehead atoms. The molecule has 0 unspecified atom stereocenters. The molecule has 3 aromatic rings. The highest BCUT2D eigenvalue weighted by Crippen LogP contribution is 2.16. The summed E-state index contributed by atoms with van der Waals surface area (Å²) in [5.41, 5.74) is 4.01. The molecule has 1 heterocycles. The van der Waals surface area contributed by atoms with Crippen molar-refractivity contribution in [3.63, 3.8) is 0 Å². The van der Waals surface area contributed by atoms with E-state index in [1.165, 1.54) is 5.56 Å². The third kappa shape index (κ3) is 2.83. The second-order valence-electron chi connectivity index (χ2n) is 4.24. The van der Waals surface area contributed by atoms with Gasteiger partial charge < -0.3 is 5.32 Å². The molecule has 3 rings (SSSR count). The number of benzene rings is 2. The van der Waals surface area contributed by atoms with E-state index in [1.807, 2.05) is 42.5 Å². The van der Waals surface area contributed by atoms with E-state index in [0.717, 1.165) is 28.3 Å². The largest absolute Gasteiger partial charge is 0.381 e. The molecular formula is C15H12ClN3. The van der Waals surface area contributed by atoms with Gasteiger partial charge in [0, 0.05) is 29.6 Å². The van der Waals surface area contributed by atoms with Crippen molar-refractivity contribution >= 4 is 28.3 Å². The highest BCUT2D eigenvalue weighted by Gasteiger charge is 1.98. The lowest BCUT2D eigenvalue weighted by molar-refractivity contribution is 1.15. The van der Waals surface area contributed by atoms with Crippen LogP contribution < -0.4 is 5.32 Å². The Morgan fingerprint density at radius 1 is 0.895 bits per heavy atom. The van der Waals surface area contributed by atoms with Crippen LogP contribution in [0, 0.1) is 0 Å². The van der Waals surface area contributed by atoms with Crippen LogP contribution in [-0.2, 0) is 6.54 Å². The fraction of sp³-hybridized carbons (Fsp3) is 0.0667. The van der Waals surface area contributed by atoms with Crippen molar-refractivity contribution in [2.24, 2.45) is 0 Å². The van der Waals surface area contributed by atoms with Crippen molar-refractivity contribution in [3.8, 4) is 0 Å². The van der Waals surface area contributed by atoms with Gasteiger partial charge in [0.25, 0.3) is 0 Å². The Balaban J connectivity index is 1.76. The van der Waals surface area contributed by atoms with Gasteiger partial charge in [0.15, 0.2) is 0 Å². The van der Waals surface area contributed by atoms with E-state index >= 15 is 0 Å². The Kier molecular flexibility index (Phi) is 3.29. The molecule has 0 aliphatic rings. The van der Waals surface area contributed by atoms with Gasteiger partial charge in [-0.2, -0.15) is 0 Å². The number of rotatable bonds is 3. The minimum Gasteiger partial charge on any atom is -0.381 e. The van der Waals surface area contributed by atoms with Crippen molar-refractivity contribution in [1.29, 1.82) is 0 Å². The van der Waals surface area contributed by atoms with Crippen LogP contribution in [0.25, 0.3) is 11.0 Å². The number of nitrogens with one attached hydrogen (secondary N) is 1. The van der Waals surface area contributed by atoms with E-state index in [9.17, 15) is 0 Å². The summed E-state index contributed by atoms with van der Waals surface area (Å²) in [6.07, 6.45) is 3.40. The first kappa shape index (κ1) is 11.9. The Morgan fingerprint density at radius 3 is 2.42 bits per heavy atom. The number of halogens is 1. The molecule has 94 valence electrons. The number of hydrogen-bond donors (Lipinski definition) is 1. The second kappa shape index (κ2) is 5.24. The third-order valence-electron chi connectivity index (χ3n) is 2.88. The molecule has 0 amide bonds. The topological polar surface area (TPSA) is 37.8 Å². The van der Waals surface area contributed by atoms with Gasteiger partial charge in [-0.1, -0.05) is 23.7 Å². The van der Waals surface area contributed by atoms with Gasteiger partial charge in [-0.3, -0.25) is 9.97 Å². The van der Waals surface area contributed by atoms with Crippen molar-refractivity contribution in [2.75, 3.05) is 5.32 Å². The molecule has 2 aromatic carbocycles. The van der Waals surface area contributed by atoms with Crippen LogP contribution in [0.1, 0.15) is 5.56 Å². The fourth-order valence-electron chi connectivity index (χ4n) is 1.88. The zero-order valence-electron chi connectivity index (χ0n) is 10.2. The number of nitrogens with zero attached hydrogens (tertiary/aromatic N) is 2. The standard InChI is InChI=1S/C15H12ClN3/c16-12-3-1-11(2-4-12)10-19-13-5-6-14-15(9-13)18-8-7-17-14/h1-9,19H,10H2. The van der Waals surface area contributed by atoms with Crippen LogP contribution >= 0.6 is 11.6 Å². The molecule has 1 aromatic heterocycles. The molecular weight excluding hydrogens is 258 g/mol. The minimum atomic E-state index is 0.753. The molecule has 1 N–H and O–H groups in total. The van der Waals surface area contributed by atoms with Crippen molar-refractivity contribution < 1.29 is 0 Å². The smallest absolute Gasteiger partial charge is 0.0907 e. The summed E-state index contributed by atoms with van der Waals surface area (Å²) in [7, 11) is 0. The molecule has 0 atom stereocenters. The van der Waals surface area contributed by atoms with Crippen molar-refractivity contribution in [3.05, 3.63) is 65.4 Å². The number of fused-ring (bicyclic) bond motifs is 1. The van der Waals surface area contributed by atoms with Gasteiger partial charge in [-0.25, -0.2) is 0 Å². The van der Waals surface area contributed by atoms with Gasteiger partial charge >= 0.3 is 0 Å². The maximum Gasteiger partial charge on any atom is 0.0907 e. The van der Waals surface area contributed by atoms with Crippen LogP contribution in [0.15, 0.2) is 54.9 Å². The van der Waals surface area contributed by atoms with Gasteiger partial charge in [0.2, 0.25) is 0 Å². The number of aromatic nitrogens is 2. The van der Waals surface area contributed by atoms with Crippen molar-refractivity contribution in [1.82, 2.24) is 9.97 Å². The predicted octanol–water partition coefficient (Wildman–Crippen LogP) is 3.90. The van der Waals surface area contributed by atoms with Crippen LogP contribution in [0.5, 0.6) is 0 Å². The van der Waals surface area contributed by atoms with Crippen LogP contribution in [0.2, 0.25) is 5.02 Å². The summed E-state index contributed by atoms with van der Waals surface area (Å²) in [6.45, 7) is 0.753. The Labute approximate surface area is 116 Å². The maximum atomic E-state index is 5.86. The van der Waals surface area contributed by atoms with E-state index < -0.39 is 0 Å². The quantitative estimate of drug-likeness (QED) is 0.784. The summed E-state index contributed by atoms with van der Waals surface area (Å²) in [5, 5.41) is 4.12. The molecule has 3 nitrogen and oxygen atoms in total. The Morgan fingerprint density at radius 2 is 1.63 bits per heavy atom. The summed E-state index contributed by atoms with van der Waals surface area (Å²) >= 11 is 5.86. The number of hydrogen-bond acceptors (Lipinski definition) is 3. The molecule has 0 aliphatic carbocycles. The summed E-state index contributed by atoms with van der Waals surface area (Å²) in [4.78, 5) is 8.53. The molecule has 0 spiro atoms. The third-order valence-corrected chi connectivity index (χ3v) is 3.13. The highest BCUT2D eigenvalue weighted by atomic mass is 35.5. The zero-order valence-corrected chi connectivity index (χ0v) is 10.9. The summed E-state index contributed by atoms with van der Waals surface area (Å²) in [6, 6.07) is 13.8. The maximum absolute atomic E-state index is 5.86. The monoisotopic (exact) mass is 269 g/mol. The van der Waals surface area contributed by atoms with Gasteiger partial charge in [-0.15, -0.1) is 0 Å². The second-order valence-corrected chi connectivity index (χ2v) is 4.68. The van der Waals surface area contributed by atoms with Gasteiger partial charge in [0.05, 0.1) is 11.0 Å². The summed E-state index contributed by atoms with van der Waals surface area (Å²) < 4.78 is 0. The van der Waals surface area contributed by atoms with E-state index in [0.29, 0.717) is 0 Å². The van der Waals surface area contributed by atoms with E-state index in [-0.39, 0.29) is 0 Å². The number of anilines is 1. The van der Waals surface area contributed by atoms with Gasteiger partial charge in [-0.05, 0) is 35.9 Å². The molecule has 0 radical (unpaired) electrons. The SMILES string of the molecule is Clc1ccc(CNc2ccc3nccnc3c2)cc1. The fourth-order valence-corrected chi connectivity index (χ4v) is 2.01. The lowest BCUT2D eigenvalue weighted by Gasteiger charge is -2.07. The van der Waals surface area contributed by atoms with E-state index in [2.05, 4.69) is 15.3 Å². The summed E-state index contributed by atoms with van der Waals surface area (Å²) in [5.74, 6) is 0. The molecule has 19 heavy (non-hydrogen) atoms. The van der Waals surface area contributed by atoms with Crippen molar-refractivity contribution in [2.45, 2.75) is 6.54 Å². The highest BCUT2D eigenvalue weighted by molar-refractivity contribution is 6.30. The van der Waals surface area contributed by atoms with Crippen LogP contribution in [0.3, 0.4) is 0 Å². The molecule has 4 heteroatoms. The van der Waals surface area contributed by atoms with Crippen LogP contribution in [-0.4, -0.2) is 9.97 Å². The Bertz CT molecular complexity index is 695. The lowest BCUT2D eigenvalue weighted by Crippen LogP contribution is -1.99. The van der Waals surface area contributed by atoms with E-state index in [1.54, 1.807) is 12.4 Å². The lowest BCUT2D eigenvalue weighted by atomic mass is 10.2. The Hall–Kier alpha value is -2.13. The first-order valence-corrected chi connectivity index (χ1v) is 6.38. The van der Waals surface area contributed by atoms with Gasteiger partial charge in [0.1, 0.15) is 0 Å². The normalized spacial score (nSPS) is 10.6. The van der Waals surface area contributed by atoms with Crippen LogP contribution in [0.4, 0.5) is 5.69 Å². The predicted molar refractivity (Wildman–Crippen MR) is 78.3 cm³/mol. The molecule has 0 fully saturated rings. The molecule has 0 saturated carbocycles. The first-order chi connectivity index (χ1) is 9.31. The molecule has 0 saturated heterocycles. The minimum absolute atomic E-state index is 0.753. The molecule has 0 aliphatic heterocycles. The zero-order chi connectivity index (χ0) is 13.1. The first-order valence-electron chi connectivity index (χ1n) is 6.00. The van der Waals surface area contributed by atoms with E-state index in [4.69, 9.17) is 11.6 Å². The average Bonchev–Trinajstić information content (AvgIpc) is 2.46. The average molecular weight is 270 g/mol.